The molecule has 304 valence electrons. The van der Waals surface area contributed by atoms with Gasteiger partial charge < -0.3 is 29.5 Å². The number of aliphatic hydroxyl groups is 1. The molecular weight excluding hydrogens is 722 g/mol. The molecule has 0 aromatic heterocycles. The number of allylic oxidation sites excluding steroid dienone is 1. The van der Waals surface area contributed by atoms with Crippen molar-refractivity contribution in [2.45, 2.75) is 109 Å². The van der Waals surface area contributed by atoms with Crippen molar-refractivity contribution < 1.29 is 58.3 Å². The summed E-state index contributed by atoms with van der Waals surface area (Å²) in [5, 5.41) is 30.9. The van der Waals surface area contributed by atoms with Crippen LogP contribution in [0.5, 0.6) is 5.75 Å². The number of ketones is 1. The van der Waals surface area contributed by atoms with Crippen molar-refractivity contribution in [3.63, 3.8) is 0 Å². The number of aliphatic carboxylic acids is 2. The number of ether oxygens (including phenoxy) is 3. The maximum atomic E-state index is 14.1. The number of carboxylic acids is 2. The molecule has 0 radical (unpaired) electrons. The van der Waals surface area contributed by atoms with Crippen LogP contribution >= 0.6 is 0 Å². The monoisotopic (exact) mass is 777 g/mol. The van der Waals surface area contributed by atoms with E-state index in [-0.39, 0.29) is 30.9 Å². The average Bonchev–Trinajstić information content (AvgIpc) is 3.17. The van der Waals surface area contributed by atoms with Crippen LogP contribution in [-0.2, 0) is 35.1 Å². The molecular formula is C43H55NO12. The lowest BCUT2D eigenvalue weighted by atomic mass is 9.82. The molecule has 2 aromatic carbocycles. The second-order valence-electron chi connectivity index (χ2n) is 13.3. The molecule has 2 rings (SSSR count). The van der Waals surface area contributed by atoms with Crippen molar-refractivity contribution in [2.75, 3.05) is 19.9 Å². The number of carboxylic acid groups (broad SMARTS) is 2. The predicted octanol–water partition coefficient (Wildman–Crippen LogP) is 7.14. The summed E-state index contributed by atoms with van der Waals surface area (Å²) in [5.74, 6) is -1.47. The number of Topliss-reactive ketones (excluding diaryl/α,β-unsaturated/α-hetero) is 1. The molecule has 3 N–H and O–H groups in total. The van der Waals surface area contributed by atoms with Crippen LogP contribution in [0.25, 0.3) is 0 Å². The highest BCUT2D eigenvalue weighted by Crippen LogP contribution is 2.28. The Morgan fingerprint density at radius 1 is 0.839 bits per heavy atom. The molecule has 0 fully saturated rings. The number of esters is 1. The fourth-order valence-corrected chi connectivity index (χ4v) is 5.73. The quantitative estimate of drug-likeness (QED) is 0.0273. The molecule has 0 spiro atoms. The number of benzene rings is 2. The normalized spacial score (nSPS) is 12.4. The predicted molar refractivity (Wildman–Crippen MR) is 208 cm³/mol. The fraction of sp³-hybridized carbons (Fsp3) is 0.488. The van der Waals surface area contributed by atoms with Crippen LogP contribution in [0.2, 0.25) is 0 Å². The number of nitrogens with zero attached hydrogens (tertiary/aromatic N) is 1. The van der Waals surface area contributed by atoms with E-state index in [0.29, 0.717) is 41.9 Å². The molecule has 0 aliphatic carbocycles. The first-order chi connectivity index (χ1) is 26.9. The molecule has 0 bridgehead atoms. The van der Waals surface area contributed by atoms with Crippen LogP contribution in [-0.4, -0.2) is 81.5 Å². The van der Waals surface area contributed by atoms with Gasteiger partial charge >= 0.3 is 24.0 Å². The van der Waals surface area contributed by atoms with Gasteiger partial charge in [0.2, 0.25) is 12.7 Å². The van der Waals surface area contributed by atoms with E-state index >= 15 is 0 Å². The van der Waals surface area contributed by atoms with Crippen molar-refractivity contribution in [3.05, 3.63) is 77.9 Å². The molecule has 0 unspecified atom stereocenters. The molecule has 0 saturated heterocycles. The number of unbranched alkanes of at least 4 members (excludes halogenated alkanes) is 8. The Hall–Kier alpha value is -5.48. The maximum absolute atomic E-state index is 14.1. The van der Waals surface area contributed by atoms with Gasteiger partial charge in [0.15, 0.2) is 5.60 Å². The smallest absolute Gasteiger partial charge is 0.419 e. The van der Waals surface area contributed by atoms with Gasteiger partial charge in [-0.15, -0.1) is 5.92 Å². The van der Waals surface area contributed by atoms with Crippen molar-refractivity contribution in [2.24, 2.45) is 5.92 Å². The minimum atomic E-state index is -3.14. The van der Waals surface area contributed by atoms with Crippen LogP contribution in [0.1, 0.15) is 113 Å². The molecule has 13 heteroatoms. The van der Waals surface area contributed by atoms with Gasteiger partial charge in [-0.1, -0.05) is 93.9 Å². The number of carbonyl (C=O) groups is 6. The van der Waals surface area contributed by atoms with E-state index in [1.54, 1.807) is 49.4 Å². The highest BCUT2D eigenvalue weighted by atomic mass is 16.7. The van der Waals surface area contributed by atoms with Gasteiger partial charge in [-0.2, -0.15) is 0 Å². The van der Waals surface area contributed by atoms with Gasteiger partial charge in [-0.25, -0.2) is 19.3 Å². The summed E-state index contributed by atoms with van der Waals surface area (Å²) in [6, 6.07) is 14.6. The van der Waals surface area contributed by atoms with Crippen molar-refractivity contribution in [1.82, 2.24) is 4.90 Å². The average molecular weight is 778 g/mol. The van der Waals surface area contributed by atoms with Gasteiger partial charge in [0.05, 0.1) is 17.9 Å². The van der Waals surface area contributed by atoms with Crippen molar-refractivity contribution >= 4 is 35.7 Å². The Labute approximate surface area is 329 Å². The number of amides is 2. The number of carbonyl (C=O) groups excluding carboxylic acids is 4. The minimum Gasteiger partial charge on any atom is -0.481 e. The largest absolute Gasteiger partial charge is 0.481 e. The number of rotatable bonds is 27. The Morgan fingerprint density at radius 3 is 2.09 bits per heavy atom. The van der Waals surface area contributed by atoms with E-state index in [1.165, 1.54) is 24.6 Å². The van der Waals surface area contributed by atoms with E-state index in [1.807, 2.05) is 0 Å². The van der Waals surface area contributed by atoms with E-state index in [9.17, 15) is 44.1 Å². The molecule has 0 heterocycles. The Bertz CT molecular complexity index is 1640. The number of hydrogen-bond acceptors (Lipinski definition) is 10. The third-order valence-electron chi connectivity index (χ3n) is 8.94. The number of hydrogen-bond donors (Lipinski definition) is 3. The zero-order chi connectivity index (χ0) is 41.2. The lowest BCUT2D eigenvalue weighted by Crippen LogP contribution is -2.55. The van der Waals surface area contributed by atoms with Gasteiger partial charge in [0.25, 0.3) is 0 Å². The lowest BCUT2D eigenvalue weighted by Gasteiger charge is -2.32. The third-order valence-corrected chi connectivity index (χ3v) is 8.94. The van der Waals surface area contributed by atoms with E-state index < -0.39 is 54.6 Å². The Kier molecular flexibility index (Phi) is 22.0. The van der Waals surface area contributed by atoms with Gasteiger partial charge in [0.1, 0.15) is 18.1 Å². The zero-order valence-electron chi connectivity index (χ0n) is 32.4. The summed E-state index contributed by atoms with van der Waals surface area (Å²) in [5.41, 5.74) is -2.33. The maximum Gasteiger partial charge on any atom is 0.419 e. The second-order valence-corrected chi connectivity index (χ2v) is 13.3. The first-order valence-corrected chi connectivity index (χ1v) is 19.1. The van der Waals surface area contributed by atoms with Crippen LogP contribution in [0, 0.1) is 17.8 Å². The first kappa shape index (κ1) is 46.7. The molecule has 2 aromatic rings. The molecule has 56 heavy (non-hydrogen) atoms. The molecule has 0 saturated carbocycles. The van der Waals surface area contributed by atoms with E-state index in [4.69, 9.17) is 14.2 Å². The van der Waals surface area contributed by atoms with Crippen molar-refractivity contribution in [1.29, 1.82) is 0 Å². The van der Waals surface area contributed by atoms with E-state index in [0.717, 1.165) is 51.0 Å². The summed E-state index contributed by atoms with van der Waals surface area (Å²) in [4.78, 5) is 76.9. The summed E-state index contributed by atoms with van der Waals surface area (Å²) in [7, 11) is 0. The van der Waals surface area contributed by atoms with Crippen LogP contribution in [0.15, 0.2) is 66.7 Å². The molecule has 2 amide bonds. The molecule has 13 nitrogen and oxygen atoms in total. The van der Waals surface area contributed by atoms with Gasteiger partial charge in [0, 0.05) is 19.4 Å². The topological polar surface area (TPSA) is 194 Å². The summed E-state index contributed by atoms with van der Waals surface area (Å²) in [6.07, 6.45) is 9.66. The lowest BCUT2D eigenvalue weighted by molar-refractivity contribution is -0.173. The summed E-state index contributed by atoms with van der Waals surface area (Å²) in [6.45, 7) is 2.73. The molecule has 0 aliphatic heterocycles. The highest BCUT2D eigenvalue weighted by molar-refractivity contribution is 5.99. The minimum absolute atomic E-state index is 0.0436. The Morgan fingerprint density at radius 2 is 1.48 bits per heavy atom. The molecule has 2 atom stereocenters. The summed E-state index contributed by atoms with van der Waals surface area (Å²) >= 11 is 0. The van der Waals surface area contributed by atoms with E-state index in [2.05, 4.69) is 18.8 Å². The van der Waals surface area contributed by atoms with Gasteiger partial charge in [-0.3, -0.25) is 14.4 Å². The standard InChI is InChI=1S/C43H55NO12/c1-3-5-7-10-16-21-35(45)22-17-11-8-9-12-18-23-37(43(53,41(50)51)31-38(46)47)39(48)44(29-28-33-24-26-36(27-25-33)54-30-6-4-2)42(52)56-32-55-40(49)34-19-14-13-15-20-34/h13-15,18-20,23-27,37,53H,3,5,7-12,16-17,21-22,28-32H2,1-2H3,(H,46,47)(H,50,51)/b23-18+/t37-,43+/m1/s1. The van der Waals surface area contributed by atoms with Crippen molar-refractivity contribution in [3.8, 4) is 17.6 Å². The van der Waals surface area contributed by atoms with Crippen LogP contribution in [0.3, 0.4) is 0 Å². The molecule has 0 aliphatic rings. The van der Waals surface area contributed by atoms with Crippen LogP contribution in [0.4, 0.5) is 4.79 Å². The second kappa shape index (κ2) is 26.3. The van der Waals surface area contributed by atoms with Crippen LogP contribution < -0.4 is 4.74 Å². The summed E-state index contributed by atoms with van der Waals surface area (Å²) < 4.78 is 15.7. The number of imide groups is 1. The SMILES string of the molecule is CC#CCOc1ccc(CCN(C(=O)OCOC(=O)c2ccccc2)C(=O)[C@@H](/C=C/CCCCCCC(=O)CCCCCCC)[C@@](O)(CC(=O)O)C(=O)O)cc1. The third kappa shape index (κ3) is 17.3. The highest BCUT2D eigenvalue weighted by Gasteiger charge is 2.50. The zero-order valence-corrected chi connectivity index (χ0v) is 32.4. The van der Waals surface area contributed by atoms with Gasteiger partial charge in [-0.05, 0) is 68.9 Å². The first-order valence-electron chi connectivity index (χ1n) is 19.1. The fourth-order valence-electron chi connectivity index (χ4n) is 5.73. The Balaban J connectivity index is 2.21.